The normalized spacial score (nSPS) is 47.6. The maximum atomic E-state index is 3.62. The third-order valence-electron chi connectivity index (χ3n) is 2.23. The summed E-state index contributed by atoms with van der Waals surface area (Å²) in [5, 5.41) is 0. The van der Waals surface area contributed by atoms with Crippen LogP contribution in [0.1, 0.15) is 26.7 Å². The van der Waals surface area contributed by atoms with Gasteiger partial charge in [-0.25, -0.2) is 0 Å². The molecule has 0 aromatic carbocycles. The van der Waals surface area contributed by atoms with Crippen molar-refractivity contribution >= 4 is 15.9 Å². The van der Waals surface area contributed by atoms with Crippen LogP contribution in [0.4, 0.5) is 0 Å². The maximum Gasteiger partial charge on any atom is 0.0151 e. The molecule has 8 heavy (non-hydrogen) atoms. The van der Waals surface area contributed by atoms with E-state index in [9.17, 15) is 0 Å². The van der Waals surface area contributed by atoms with Crippen molar-refractivity contribution in [2.75, 3.05) is 0 Å². The average Bonchev–Trinajstić information content (AvgIpc) is 1.85. The van der Waals surface area contributed by atoms with Gasteiger partial charge in [-0.3, -0.25) is 0 Å². The molecule has 1 rings (SSSR count). The van der Waals surface area contributed by atoms with Crippen LogP contribution in [-0.2, 0) is 0 Å². The summed E-state index contributed by atoms with van der Waals surface area (Å²) in [6.45, 7) is 4.68. The fourth-order valence-electron chi connectivity index (χ4n) is 1.37. The Morgan fingerprint density at radius 2 is 1.50 bits per heavy atom. The molecule has 1 aliphatic rings. The maximum absolute atomic E-state index is 3.62. The second-order valence-electron chi connectivity index (χ2n) is 3.02. The zero-order valence-electron chi connectivity index (χ0n) is 5.52. The molecule has 0 spiro atoms. The van der Waals surface area contributed by atoms with Crippen LogP contribution in [0.25, 0.3) is 0 Å². The van der Waals surface area contributed by atoms with Crippen molar-refractivity contribution in [3.05, 3.63) is 0 Å². The van der Waals surface area contributed by atoms with Gasteiger partial charge in [0.25, 0.3) is 0 Å². The van der Waals surface area contributed by atoms with Crippen molar-refractivity contribution in [1.29, 1.82) is 0 Å². The minimum absolute atomic E-state index is 0.812. The first-order valence-electron chi connectivity index (χ1n) is 3.34. The largest absolute Gasteiger partial charge is 0.0890 e. The molecule has 0 amide bonds. The van der Waals surface area contributed by atoms with E-state index in [0.717, 1.165) is 16.7 Å². The first-order valence-corrected chi connectivity index (χ1v) is 4.25. The molecular weight excluding hydrogens is 164 g/mol. The lowest BCUT2D eigenvalue weighted by molar-refractivity contribution is 0.457. The monoisotopic (exact) mass is 176 g/mol. The highest BCUT2D eigenvalue weighted by Gasteiger charge is 2.25. The van der Waals surface area contributed by atoms with Crippen molar-refractivity contribution in [2.45, 2.75) is 31.5 Å². The molecular formula is C7H13Br. The van der Waals surface area contributed by atoms with Gasteiger partial charge in [0.05, 0.1) is 0 Å². The highest BCUT2D eigenvalue weighted by atomic mass is 79.9. The molecule has 1 fully saturated rings. The Morgan fingerprint density at radius 1 is 1.12 bits per heavy atom. The van der Waals surface area contributed by atoms with Gasteiger partial charge in [-0.1, -0.05) is 29.8 Å². The van der Waals surface area contributed by atoms with Crippen molar-refractivity contribution < 1.29 is 0 Å². The zero-order chi connectivity index (χ0) is 6.15. The summed E-state index contributed by atoms with van der Waals surface area (Å²) in [7, 11) is 0. The second-order valence-corrected chi connectivity index (χ2v) is 4.32. The minimum atomic E-state index is 0.812. The highest BCUT2D eigenvalue weighted by Crippen LogP contribution is 2.34. The van der Waals surface area contributed by atoms with Crippen molar-refractivity contribution in [3.63, 3.8) is 0 Å². The van der Waals surface area contributed by atoms with Gasteiger partial charge in [0.1, 0.15) is 0 Å². The summed E-state index contributed by atoms with van der Waals surface area (Å²) in [5.74, 6) is 1.89. The lowest BCUT2D eigenvalue weighted by Gasteiger charge is -2.04. The van der Waals surface area contributed by atoms with Gasteiger partial charge < -0.3 is 0 Å². The minimum Gasteiger partial charge on any atom is -0.0890 e. The van der Waals surface area contributed by atoms with Gasteiger partial charge in [0.15, 0.2) is 0 Å². The zero-order valence-corrected chi connectivity index (χ0v) is 7.11. The van der Waals surface area contributed by atoms with Crippen LogP contribution in [0.5, 0.6) is 0 Å². The van der Waals surface area contributed by atoms with Gasteiger partial charge >= 0.3 is 0 Å². The smallest absolute Gasteiger partial charge is 0.0151 e. The summed E-state index contributed by atoms with van der Waals surface area (Å²) >= 11 is 3.62. The van der Waals surface area contributed by atoms with Gasteiger partial charge in [0.2, 0.25) is 0 Å². The van der Waals surface area contributed by atoms with E-state index in [2.05, 4.69) is 29.8 Å². The predicted molar refractivity (Wildman–Crippen MR) is 40.3 cm³/mol. The molecule has 0 unspecified atom stereocenters. The standard InChI is InChI=1S/C7H13Br/c1-5-3-7(8)4-6(5)2/h5-7H,3-4H2,1-2H3/t5-,6+,7+. The molecule has 48 valence electrons. The van der Waals surface area contributed by atoms with Crippen LogP contribution >= 0.6 is 15.9 Å². The third kappa shape index (κ3) is 1.25. The van der Waals surface area contributed by atoms with Gasteiger partial charge in [-0.05, 0) is 24.7 Å². The average molecular weight is 177 g/mol. The molecule has 0 saturated heterocycles. The molecule has 1 aliphatic carbocycles. The first-order chi connectivity index (χ1) is 3.70. The highest BCUT2D eigenvalue weighted by molar-refractivity contribution is 9.09. The van der Waals surface area contributed by atoms with E-state index in [1.54, 1.807) is 0 Å². The molecule has 0 N–H and O–H groups in total. The van der Waals surface area contributed by atoms with E-state index < -0.39 is 0 Å². The van der Waals surface area contributed by atoms with Crippen LogP contribution in [0, 0.1) is 11.8 Å². The van der Waals surface area contributed by atoms with E-state index in [4.69, 9.17) is 0 Å². The fourth-order valence-corrected chi connectivity index (χ4v) is 2.55. The Morgan fingerprint density at radius 3 is 1.62 bits per heavy atom. The van der Waals surface area contributed by atoms with Crippen LogP contribution in [-0.4, -0.2) is 4.83 Å². The summed E-state index contributed by atoms with van der Waals surface area (Å²) in [6.07, 6.45) is 2.75. The summed E-state index contributed by atoms with van der Waals surface area (Å²) in [5.41, 5.74) is 0. The van der Waals surface area contributed by atoms with Gasteiger partial charge in [-0.2, -0.15) is 0 Å². The van der Waals surface area contributed by atoms with Crippen LogP contribution in [0.15, 0.2) is 0 Å². The van der Waals surface area contributed by atoms with E-state index in [1.807, 2.05) is 0 Å². The molecule has 0 bridgehead atoms. The fraction of sp³-hybridized carbons (Fsp3) is 1.00. The molecule has 1 saturated carbocycles. The van der Waals surface area contributed by atoms with E-state index in [-0.39, 0.29) is 0 Å². The Balaban J connectivity index is 2.39. The number of halogens is 1. The van der Waals surface area contributed by atoms with Crippen LogP contribution in [0.2, 0.25) is 0 Å². The molecule has 0 nitrogen and oxygen atoms in total. The molecule has 3 atom stereocenters. The molecule has 0 heterocycles. The predicted octanol–water partition coefficient (Wildman–Crippen LogP) is 2.82. The Bertz CT molecular complexity index is 70.5. The number of rotatable bonds is 0. The first kappa shape index (κ1) is 6.60. The second kappa shape index (κ2) is 2.38. The van der Waals surface area contributed by atoms with Gasteiger partial charge in [-0.15, -0.1) is 0 Å². The summed E-state index contributed by atoms with van der Waals surface area (Å²) in [4.78, 5) is 0.812. The number of hydrogen-bond donors (Lipinski definition) is 0. The van der Waals surface area contributed by atoms with Crippen LogP contribution < -0.4 is 0 Å². The number of alkyl halides is 1. The molecule has 0 aliphatic heterocycles. The third-order valence-corrected chi connectivity index (χ3v) is 2.97. The Labute approximate surface area is 59.8 Å². The topological polar surface area (TPSA) is 0 Å². The SMILES string of the molecule is C[C@@H]1C[C@H](Br)C[C@@H]1C. The van der Waals surface area contributed by atoms with E-state index in [0.29, 0.717) is 0 Å². The summed E-state index contributed by atoms with van der Waals surface area (Å²) in [6, 6.07) is 0. The lowest BCUT2D eigenvalue weighted by Crippen LogP contribution is -1.95. The van der Waals surface area contributed by atoms with Crippen molar-refractivity contribution in [1.82, 2.24) is 0 Å². The van der Waals surface area contributed by atoms with Gasteiger partial charge in [0, 0.05) is 4.83 Å². The molecule has 0 aromatic rings. The van der Waals surface area contributed by atoms with E-state index in [1.165, 1.54) is 12.8 Å². The van der Waals surface area contributed by atoms with Crippen molar-refractivity contribution in [3.8, 4) is 0 Å². The Kier molecular flexibility index (Phi) is 1.97. The molecule has 1 heteroatoms. The summed E-state index contributed by atoms with van der Waals surface area (Å²) < 4.78 is 0. The quantitative estimate of drug-likeness (QED) is 0.499. The molecule has 0 aromatic heterocycles. The Hall–Kier alpha value is 0.480. The lowest BCUT2D eigenvalue weighted by atomic mass is 10.0. The molecule has 0 radical (unpaired) electrons. The number of hydrogen-bond acceptors (Lipinski definition) is 0. The van der Waals surface area contributed by atoms with Crippen molar-refractivity contribution in [2.24, 2.45) is 11.8 Å². The van der Waals surface area contributed by atoms with E-state index >= 15 is 0 Å². The van der Waals surface area contributed by atoms with Crippen LogP contribution in [0.3, 0.4) is 0 Å².